The second-order valence-electron chi connectivity index (χ2n) is 5.41. The number of carbonyl (C=O) groups is 2. The molecular formula is C19H17N3O4. The minimum atomic E-state index is -0.439. The molecule has 7 nitrogen and oxygen atoms in total. The van der Waals surface area contributed by atoms with E-state index in [4.69, 9.17) is 9.47 Å². The number of esters is 1. The highest BCUT2D eigenvalue weighted by Gasteiger charge is 2.20. The summed E-state index contributed by atoms with van der Waals surface area (Å²) in [6.07, 6.45) is 1.67. The molecule has 1 heterocycles. The minimum absolute atomic E-state index is 0.279. The number of hydrogen-bond donors (Lipinski definition) is 2. The number of amides is 1. The van der Waals surface area contributed by atoms with Crippen LogP contribution < -0.4 is 15.4 Å². The lowest BCUT2D eigenvalue weighted by molar-refractivity contribution is -0.115. The van der Waals surface area contributed by atoms with Gasteiger partial charge in [0.05, 0.1) is 19.8 Å². The van der Waals surface area contributed by atoms with Crippen LogP contribution in [-0.4, -0.2) is 32.1 Å². The number of anilines is 1. The molecule has 0 radical (unpaired) electrons. The maximum Gasteiger partial charge on any atom is 0.337 e. The maximum absolute atomic E-state index is 12.1. The minimum Gasteiger partial charge on any atom is -0.497 e. The van der Waals surface area contributed by atoms with Gasteiger partial charge in [0, 0.05) is 5.69 Å². The Morgan fingerprint density at radius 3 is 2.62 bits per heavy atom. The highest BCUT2D eigenvalue weighted by atomic mass is 16.5. The average molecular weight is 351 g/mol. The summed E-state index contributed by atoms with van der Waals surface area (Å²) in [7, 11) is 2.91. The van der Waals surface area contributed by atoms with Crippen molar-refractivity contribution in [2.45, 2.75) is 0 Å². The molecule has 0 atom stereocenters. The molecule has 0 saturated heterocycles. The zero-order chi connectivity index (χ0) is 18.5. The molecular weight excluding hydrogens is 334 g/mol. The molecule has 0 unspecified atom stereocenters. The Bertz CT molecular complexity index is 901. The van der Waals surface area contributed by atoms with E-state index >= 15 is 0 Å². The van der Waals surface area contributed by atoms with Crippen LogP contribution in [0.3, 0.4) is 0 Å². The molecule has 0 aliphatic carbocycles. The van der Waals surface area contributed by atoms with Gasteiger partial charge in [-0.15, -0.1) is 0 Å². The van der Waals surface area contributed by atoms with Crippen molar-refractivity contribution in [1.82, 2.24) is 5.32 Å². The third-order valence-corrected chi connectivity index (χ3v) is 3.66. The summed E-state index contributed by atoms with van der Waals surface area (Å²) in [6.45, 7) is 0. The van der Waals surface area contributed by atoms with E-state index in [2.05, 4.69) is 15.6 Å². The maximum atomic E-state index is 12.1. The molecule has 2 aromatic carbocycles. The highest BCUT2D eigenvalue weighted by Crippen LogP contribution is 2.17. The first kappa shape index (κ1) is 17.2. The number of hydrogen-bond acceptors (Lipinski definition) is 6. The van der Waals surface area contributed by atoms with Gasteiger partial charge in [0.25, 0.3) is 5.91 Å². The fourth-order valence-corrected chi connectivity index (χ4v) is 2.36. The summed E-state index contributed by atoms with van der Waals surface area (Å²) < 4.78 is 9.80. The Kier molecular flexibility index (Phi) is 4.98. The van der Waals surface area contributed by atoms with Gasteiger partial charge in [-0.1, -0.05) is 18.2 Å². The van der Waals surface area contributed by atoms with E-state index in [1.807, 2.05) is 12.1 Å². The molecule has 0 aromatic heterocycles. The quantitative estimate of drug-likeness (QED) is 0.652. The van der Waals surface area contributed by atoms with E-state index in [0.717, 1.165) is 11.3 Å². The Balaban J connectivity index is 1.77. The third-order valence-electron chi connectivity index (χ3n) is 3.66. The van der Waals surface area contributed by atoms with Gasteiger partial charge in [0.2, 0.25) is 5.96 Å². The predicted octanol–water partition coefficient (Wildman–Crippen LogP) is 2.42. The zero-order valence-electron chi connectivity index (χ0n) is 14.3. The van der Waals surface area contributed by atoms with E-state index < -0.39 is 5.97 Å². The lowest BCUT2D eigenvalue weighted by Gasteiger charge is -2.06. The number of nitrogens with one attached hydrogen (secondary N) is 2. The third kappa shape index (κ3) is 3.89. The van der Waals surface area contributed by atoms with Crippen LogP contribution in [0.15, 0.2) is 59.2 Å². The van der Waals surface area contributed by atoms with Gasteiger partial charge in [-0.25, -0.2) is 9.79 Å². The van der Waals surface area contributed by atoms with Crippen LogP contribution in [-0.2, 0) is 9.53 Å². The number of benzene rings is 2. The lowest BCUT2D eigenvalue weighted by atomic mass is 10.2. The molecule has 3 rings (SSSR count). The Morgan fingerprint density at radius 1 is 1.15 bits per heavy atom. The van der Waals surface area contributed by atoms with E-state index in [9.17, 15) is 9.59 Å². The van der Waals surface area contributed by atoms with Gasteiger partial charge in [0.1, 0.15) is 11.4 Å². The van der Waals surface area contributed by atoms with E-state index in [0.29, 0.717) is 11.3 Å². The van der Waals surface area contributed by atoms with Crippen LogP contribution in [0.1, 0.15) is 15.9 Å². The summed E-state index contributed by atoms with van der Waals surface area (Å²) in [5, 5.41) is 5.62. The van der Waals surface area contributed by atoms with Crippen molar-refractivity contribution < 1.29 is 19.1 Å². The summed E-state index contributed by atoms with van der Waals surface area (Å²) >= 11 is 0. The van der Waals surface area contributed by atoms with Crippen LogP contribution in [0.5, 0.6) is 5.75 Å². The summed E-state index contributed by atoms with van der Waals surface area (Å²) in [5.41, 5.74) is 2.12. The number of aliphatic imine (C=N–C) groups is 1. The van der Waals surface area contributed by atoms with Crippen LogP contribution in [0, 0.1) is 0 Å². The van der Waals surface area contributed by atoms with Gasteiger partial charge in [-0.05, 0) is 42.0 Å². The van der Waals surface area contributed by atoms with Crippen molar-refractivity contribution >= 4 is 29.6 Å². The molecule has 132 valence electrons. The summed E-state index contributed by atoms with van der Waals surface area (Å²) in [5.74, 6) is 0.273. The van der Waals surface area contributed by atoms with Crippen molar-refractivity contribution in [1.29, 1.82) is 0 Å². The second-order valence-corrected chi connectivity index (χ2v) is 5.41. The highest BCUT2D eigenvalue weighted by molar-refractivity contribution is 6.17. The van der Waals surface area contributed by atoms with Crippen molar-refractivity contribution in [3.05, 3.63) is 65.4 Å². The Labute approximate surface area is 150 Å². The van der Waals surface area contributed by atoms with Crippen molar-refractivity contribution in [2.24, 2.45) is 4.99 Å². The van der Waals surface area contributed by atoms with Crippen molar-refractivity contribution in [3.63, 3.8) is 0 Å². The van der Waals surface area contributed by atoms with Gasteiger partial charge in [0.15, 0.2) is 0 Å². The van der Waals surface area contributed by atoms with Gasteiger partial charge >= 0.3 is 5.97 Å². The molecule has 26 heavy (non-hydrogen) atoms. The molecule has 0 fully saturated rings. The number of methoxy groups -OCH3 is 2. The van der Waals surface area contributed by atoms with Crippen molar-refractivity contribution in [2.75, 3.05) is 19.5 Å². The molecule has 2 N–H and O–H groups in total. The average Bonchev–Trinajstić information content (AvgIpc) is 3.00. The molecule has 1 amide bonds. The van der Waals surface area contributed by atoms with Crippen LogP contribution in [0.4, 0.5) is 5.69 Å². The predicted molar refractivity (Wildman–Crippen MR) is 98.0 cm³/mol. The number of ether oxygens (including phenoxy) is 2. The largest absolute Gasteiger partial charge is 0.497 e. The van der Waals surface area contributed by atoms with Gasteiger partial charge < -0.3 is 14.8 Å². The van der Waals surface area contributed by atoms with Gasteiger partial charge in [-0.2, -0.15) is 0 Å². The first-order valence-electron chi connectivity index (χ1n) is 7.80. The van der Waals surface area contributed by atoms with E-state index in [1.54, 1.807) is 49.6 Å². The Hall–Kier alpha value is -3.61. The standard InChI is InChI=1S/C19H17N3O4/c1-25-15-8-6-12(7-9-15)10-16-17(23)22-19(21-16)20-14-5-3-4-13(11-14)18(24)26-2/h3-11H,1-2H3,(H2,20,21,22,23)/b16-10+. The lowest BCUT2D eigenvalue weighted by Crippen LogP contribution is -2.30. The van der Waals surface area contributed by atoms with Crippen LogP contribution >= 0.6 is 0 Å². The van der Waals surface area contributed by atoms with Crippen LogP contribution in [0.25, 0.3) is 6.08 Å². The zero-order valence-corrected chi connectivity index (χ0v) is 14.3. The molecule has 0 bridgehead atoms. The molecule has 0 spiro atoms. The van der Waals surface area contributed by atoms with E-state index in [1.165, 1.54) is 7.11 Å². The number of nitrogens with zero attached hydrogens (tertiary/aromatic N) is 1. The molecule has 2 aromatic rings. The normalized spacial score (nSPS) is 14.6. The molecule has 0 saturated carbocycles. The second kappa shape index (κ2) is 7.52. The van der Waals surface area contributed by atoms with E-state index in [-0.39, 0.29) is 17.6 Å². The van der Waals surface area contributed by atoms with Crippen LogP contribution in [0.2, 0.25) is 0 Å². The monoisotopic (exact) mass is 351 g/mol. The Morgan fingerprint density at radius 2 is 1.92 bits per heavy atom. The molecule has 1 aliphatic rings. The topological polar surface area (TPSA) is 89.0 Å². The molecule has 1 aliphatic heterocycles. The fraction of sp³-hybridized carbons (Fsp3) is 0.105. The van der Waals surface area contributed by atoms with Gasteiger partial charge in [-0.3, -0.25) is 10.1 Å². The summed E-state index contributed by atoms with van der Waals surface area (Å²) in [6, 6.07) is 14.0. The first-order chi connectivity index (χ1) is 12.6. The number of rotatable bonds is 4. The number of carbonyl (C=O) groups excluding carboxylic acids is 2. The first-order valence-corrected chi connectivity index (χ1v) is 7.80. The van der Waals surface area contributed by atoms with Crippen molar-refractivity contribution in [3.8, 4) is 5.75 Å². The number of guanidine groups is 1. The fourth-order valence-electron chi connectivity index (χ4n) is 2.36. The smallest absolute Gasteiger partial charge is 0.337 e. The summed E-state index contributed by atoms with van der Waals surface area (Å²) in [4.78, 5) is 27.9. The molecule has 7 heteroatoms. The SMILES string of the molecule is COC(=O)c1cccc(NC2=N/C(=C/c3ccc(OC)cc3)C(=O)N2)c1.